The van der Waals surface area contributed by atoms with Gasteiger partial charge in [-0.2, -0.15) is 0 Å². The van der Waals surface area contributed by atoms with Crippen LogP contribution in [0.1, 0.15) is 27.7 Å². The van der Waals surface area contributed by atoms with Gasteiger partial charge in [-0.1, -0.05) is 27.7 Å². The first-order valence-electron chi connectivity index (χ1n) is 8.61. The molecule has 12 heteroatoms. The Labute approximate surface area is 165 Å². The lowest BCUT2D eigenvalue weighted by Crippen LogP contribution is -2.42. The van der Waals surface area contributed by atoms with Gasteiger partial charge in [0, 0.05) is 75.0 Å². The number of likely N-dealkylation sites (N-methyl/N-ethyl adjacent to an activating group) is 2. The third kappa shape index (κ3) is 9.07. The minimum absolute atomic E-state index is 0.322. The molecule has 0 rings (SSSR count). The van der Waals surface area contributed by atoms with Crippen molar-refractivity contribution < 1.29 is 18.7 Å². The second-order valence-corrected chi connectivity index (χ2v) is 17.4. The summed E-state index contributed by atoms with van der Waals surface area (Å²) in [6.45, 7) is 8.01. The minimum atomic E-state index is -2.41. The number of nitrogens with zero attached hydrogens (tertiary/aromatic N) is 2. The van der Waals surface area contributed by atoms with Gasteiger partial charge >= 0.3 is 12.1 Å². The van der Waals surface area contributed by atoms with Crippen LogP contribution >= 0.6 is 35.8 Å². The normalized spacial score (nSPS) is 11.8. The van der Waals surface area contributed by atoms with Crippen LogP contribution in [0, 0.1) is 0 Å². The van der Waals surface area contributed by atoms with Gasteiger partial charge in [0.2, 0.25) is 0 Å². The molecule has 0 aliphatic carbocycles. The van der Waals surface area contributed by atoms with Crippen LogP contribution in [0.5, 0.6) is 0 Å². The molecule has 26 heavy (non-hydrogen) atoms. The van der Waals surface area contributed by atoms with Crippen molar-refractivity contribution in [3.05, 3.63) is 0 Å². The summed E-state index contributed by atoms with van der Waals surface area (Å²) in [5.41, 5.74) is 0. The number of carbonyl (C=O) groups excluding carboxylic acids is 2. The maximum atomic E-state index is 12.3. The molecule has 0 spiro atoms. The fourth-order valence-electron chi connectivity index (χ4n) is 1.61. The molecular formula is C14H32N4O4P2S2. The molecular weight excluding hydrogens is 414 g/mol. The van der Waals surface area contributed by atoms with E-state index < -0.39 is 12.7 Å². The summed E-state index contributed by atoms with van der Waals surface area (Å²) in [6.07, 6.45) is -2.71. The fourth-order valence-corrected chi connectivity index (χ4v) is 6.84. The summed E-state index contributed by atoms with van der Waals surface area (Å²) in [5.74, 6) is 0. The fraction of sp³-hybridized carbons (Fsp3) is 0.857. The van der Waals surface area contributed by atoms with Gasteiger partial charge in [-0.25, -0.2) is 9.59 Å². The monoisotopic (exact) mass is 446 g/mol. The summed E-state index contributed by atoms with van der Waals surface area (Å²) in [6, 6.07) is -0.691. The van der Waals surface area contributed by atoms with E-state index in [2.05, 4.69) is 9.44 Å². The zero-order valence-electron chi connectivity index (χ0n) is 16.5. The summed E-state index contributed by atoms with van der Waals surface area (Å²) < 4.78 is 29.8. The van der Waals surface area contributed by atoms with Crippen molar-refractivity contribution in [2.75, 3.05) is 51.8 Å². The average Bonchev–Trinajstić information content (AvgIpc) is 2.67. The molecule has 0 aromatic heterocycles. The van der Waals surface area contributed by atoms with Gasteiger partial charge < -0.3 is 18.9 Å². The SMILES string of the molecule is CCP(=O)(CC)SNC(=O)N(C)CCN(C)C(=O)NSP(=O)(CC)CC. The molecule has 0 aliphatic heterocycles. The Morgan fingerprint density at radius 3 is 1.23 bits per heavy atom. The number of carbonyl (C=O) groups is 2. The maximum Gasteiger partial charge on any atom is 0.327 e. The van der Waals surface area contributed by atoms with Crippen molar-refractivity contribution >= 4 is 47.9 Å². The van der Waals surface area contributed by atoms with Crippen molar-refractivity contribution in [2.24, 2.45) is 0 Å². The molecule has 0 heterocycles. The van der Waals surface area contributed by atoms with Crippen LogP contribution in [0.3, 0.4) is 0 Å². The highest BCUT2D eigenvalue weighted by Gasteiger charge is 2.22. The predicted molar refractivity (Wildman–Crippen MR) is 115 cm³/mol. The molecule has 0 aromatic rings. The topological polar surface area (TPSA) is 98.8 Å². The molecule has 154 valence electrons. The molecule has 0 aromatic carbocycles. The Bertz CT molecular complexity index is 501. The molecule has 0 saturated carbocycles. The van der Waals surface area contributed by atoms with Crippen LogP contribution < -0.4 is 9.44 Å². The summed E-state index contributed by atoms with van der Waals surface area (Å²) in [4.78, 5) is 27.0. The lowest BCUT2D eigenvalue weighted by molar-refractivity contribution is 0.198. The molecule has 8 nitrogen and oxygen atoms in total. The first kappa shape index (κ1) is 25.7. The van der Waals surface area contributed by atoms with Crippen molar-refractivity contribution in [3.8, 4) is 0 Å². The standard InChI is InChI=1S/C14H32N4O4P2S2/c1-7-23(21,8-2)25-15-13(19)17(5)11-12-18(6)14(20)16-26-24(22,9-3)10-4/h7-12H2,1-6H3,(H,15,19)(H,16,20). The van der Waals surface area contributed by atoms with Crippen LogP contribution in [0.2, 0.25) is 0 Å². The molecule has 0 saturated heterocycles. The lowest BCUT2D eigenvalue weighted by atomic mass is 10.5. The lowest BCUT2D eigenvalue weighted by Gasteiger charge is -2.24. The highest BCUT2D eigenvalue weighted by Crippen LogP contribution is 2.56. The molecule has 0 atom stereocenters. The molecule has 0 radical (unpaired) electrons. The van der Waals surface area contributed by atoms with Crippen LogP contribution in [-0.2, 0) is 9.13 Å². The Morgan fingerprint density at radius 2 is 1.00 bits per heavy atom. The molecule has 2 N–H and O–H groups in total. The number of rotatable bonds is 11. The Hall–Kier alpha value is -0.300. The Kier molecular flexibility index (Phi) is 12.1. The van der Waals surface area contributed by atoms with E-state index in [1.54, 1.807) is 14.1 Å². The van der Waals surface area contributed by atoms with Crippen molar-refractivity contribution in [1.29, 1.82) is 0 Å². The Balaban J connectivity index is 4.33. The van der Waals surface area contributed by atoms with E-state index in [1.807, 2.05) is 27.7 Å². The zero-order valence-corrected chi connectivity index (χ0v) is 19.9. The van der Waals surface area contributed by atoms with E-state index >= 15 is 0 Å². The van der Waals surface area contributed by atoms with Crippen LogP contribution in [0.25, 0.3) is 0 Å². The van der Waals surface area contributed by atoms with Crippen molar-refractivity contribution in [1.82, 2.24) is 19.2 Å². The third-order valence-corrected chi connectivity index (χ3v) is 14.7. The molecule has 4 amide bonds. The summed E-state index contributed by atoms with van der Waals surface area (Å²) in [5, 5.41) is 0. The summed E-state index contributed by atoms with van der Waals surface area (Å²) in [7, 11) is 3.23. The smallest absolute Gasteiger partial charge is 0.325 e. The molecule has 0 bridgehead atoms. The van der Waals surface area contributed by atoms with Gasteiger partial charge in [-0.05, 0) is 0 Å². The van der Waals surface area contributed by atoms with E-state index in [-0.39, 0.29) is 12.1 Å². The van der Waals surface area contributed by atoms with E-state index in [9.17, 15) is 18.7 Å². The summed E-state index contributed by atoms with van der Waals surface area (Å²) >= 11 is 2.01. The van der Waals surface area contributed by atoms with Gasteiger partial charge in [0.15, 0.2) is 12.7 Å². The molecule has 0 aliphatic rings. The maximum absolute atomic E-state index is 12.3. The van der Waals surface area contributed by atoms with E-state index in [4.69, 9.17) is 0 Å². The van der Waals surface area contributed by atoms with Crippen LogP contribution in [-0.4, -0.2) is 73.7 Å². The van der Waals surface area contributed by atoms with Gasteiger partial charge in [0.25, 0.3) is 0 Å². The average molecular weight is 447 g/mol. The van der Waals surface area contributed by atoms with E-state index in [1.165, 1.54) is 9.80 Å². The van der Waals surface area contributed by atoms with Gasteiger partial charge in [0.1, 0.15) is 0 Å². The van der Waals surface area contributed by atoms with Crippen LogP contribution in [0.15, 0.2) is 0 Å². The second-order valence-electron chi connectivity index (χ2n) is 5.73. The second kappa shape index (κ2) is 12.2. The molecule has 0 fully saturated rings. The van der Waals surface area contributed by atoms with Gasteiger partial charge in [-0.3, -0.25) is 9.44 Å². The van der Waals surface area contributed by atoms with Gasteiger partial charge in [0.05, 0.1) is 0 Å². The number of amides is 4. The highest BCUT2D eigenvalue weighted by molar-refractivity contribution is 8.57. The van der Waals surface area contributed by atoms with Gasteiger partial charge in [-0.15, -0.1) is 0 Å². The third-order valence-electron chi connectivity index (χ3n) is 3.99. The number of urea groups is 2. The van der Waals surface area contributed by atoms with Crippen LogP contribution in [0.4, 0.5) is 9.59 Å². The quantitative estimate of drug-likeness (QED) is 0.365. The first-order valence-corrected chi connectivity index (χ1v) is 15.6. The number of hydrogen-bond donors (Lipinski definition) is 2. The van der Waals surface area contributed by atoms with E-state index in [0.717, 1.165) is 23.1 Å². The Morgan fingerprint density at radius 1 is 0.731 bits per heavy atom. The predicted octanol–water partition coefficient (Wildman–Crippen LogP) is 4.20. The zero-order chi connectivity index (χ0) is 20.4. The minimum Gasteiger partial charge on any atom is -0.325 e. The largest absolute Gasteiger partial charge is 0.327 e. The number of nitrogens with one attached hydrogen (secondary N) is 2. The van der Waals surface area contributed by atoms with Crippen molar-refractivity contribution in [3.63, 3.8) is 0 Å². The van der Waals surface area contributed by atoms with Crippen molar-refractivity contribution in [2.45, 2.75) is 27.7 Å². The highest BCUT2D eigenvalue weighted by atomic mass is 32.7. The molecule has 0 unspecified atom stereocenters. The number of hydrogen-bond acceptors (Lipinski definition) is 6. The van der Waals surface area contributed by atoms with E-state index in [0.29, 0.717) is 37.7 Å². The first-order chi connectivity index (χ1) is 12.1.